The standard InChI is InChI=1S/C13H24N2O2/c1-4-6-7-13(3,5-2)12(17)15-9-8-14-11(16)10-15/h4-10H2,1-3H3,(H,14,16). The van der Waals surface area contributed by atoms with Crippen LogP contribution in [-0.4, -0.2) is 36.3 Å². The molecule has 0 spiro atoms. The van der Waals surface area contributed by atoms with Gasteiger partial charge < -0.3 is 10.2 Å². The predicted molar refractivity (Wildman–Crippen MR) is 67.5 cm³/mol. The molecule has 2 amide bonds. The molecule has 1 fully saturated rings. The molecular weight excluding hydrogens is 216 g/mol. The molecule has 1 N–H and O–H groups in total. The van der Waals surface area contributed by atoms with Gasteiger partial charge in [0.25, 0.3) is 0 Å². The smallest absolute Gasteiger partial charge is 0.239 e. The van der Waals surface area contributed by atoms with Crippen molar-refractivity contribution in [3.05, 3.63) is 0 Å². The summed E-state index contributed by atoms with van der Waals surface area (Å²) in [6.07, 6.45) is 3.92. The first-order valence-electron chi connectivity index (χ1n) is 6.59. The van der Waals surface area contributed by atoms with Crippen molar-refractivity contribution in [3.63, 3.8) is 0 Å². The molecule has 1 heterocycles. The molecule has 1 unspecified atom stereocenters. The van der Waals surface area contributed by atoms with Gasteiger partial charge in [-0.2, -0.15) is 0 Å². The van der Waals surface area contributed by atoms with Crippen LogP contribution in [0.2, 0.25) is 0 Å². The minimum Gasteiger partial charge on any atom is -0.353 e. The molecule has 0 aliphatic carbocycles. The maximum Gasteiger partial charge on any atom is 0.239 e. The highest BCUT2D eigenvalue weighted by Gasteiger charge is 2.35. The second-order valence-electron chi connectivity index (χ2n) is 5.09. The van der Waals surface area contributed by atoms with E-state index in [2.05, 4.69) is 19.2 Å². The molecule has 0 radical (unpaired) electrons. The van der Waals surface area contributed by atoms with E-state index in [0.717, 1.165) is 25.7 Å². The van der Waals surface area contributed by atoms with E-state index in [1.54, 1.807) is 4.90 Å². The van der Waals surface area contributed by atoms with Crippen LogP contribution in [0.1, 0.15) is 46.5 Å². The Morgan fingerprint density at radius 2 is 2.18 bits per heavy atom. The number of rotatable bonds is 5. The van der Waals surface area contributed by atoms with Gasteiger partial charge in [-0.25, -0.2) is 0 Å². The van der Waals surface area contributed by atoms with E-state index in [4.69, 9.17) is 0 Å². The summed E-state index contributed by atoms with van der Waals surface area (Å²) < 4.78 is 0. The summed E-state index contributed by atoms with van der Waals surface area (Å²) in [5.74, 6) is 0.0989. The number of carbonyl (C=O) groups excluding carboxylic acids is 2. The van der Waals surface area contributed by atoms with Crippen molar-refractivity contribution < 1.29 is 9.59 Å². The van der Waals surface area contributed by atoms with Gasteiger partial charge in [0.2, 0.25) is 11.8 Å². The molecule has 1 saturated heterocycles. The van der Waals surface area contributed by atoms with Gasteiger partial charge in [0, 0.05) is 18.5 Å². The number of hydrogen-bond acceptors (Lipinski definition) is 2. The molecule has 1 aliphatic rings. The molecule has 0 aromatic carbocycles. The highest BCUT2D eigenvalue weighted by molar-refractivity contribution is 5.88. The van der Waals surface area contributed by atoms with E-state index >= 15 is 0 Å². The lowest BCUT2D eigenvalue weighted by molar-refractivity contribution is -0.146. The maximum atomic E-state index is 12.4. The van der Waals surface area contributed by atoms with Crippen LogP contribution in [0.3, 0.4) is 0 Å². The summed E-state index contributed by atoms with van der Waals surface area (Å²) in [5.41, 5.74) is -0.298. The van der Waals surface area contributed by atoms with Crippen molar-refractivity contribution in [1.82, 2.24) is 10.2 Å². The second-order valence-corrected chi connectivity index (χ2v) is 5.09. The Bertz CT molecular complexity index is 291. The largest absolute Gasteiger partial charge is 0.353 e. The van der Waals surface area contributed by atoms with Crippen molar-refractivity contribution in [3.8, 4) is 0 Å². The molecule has 0 aromatic rings. The molecule has 17 heavy (non-hydrogen) atoms. The first-order chi connectivity index (χ1) is 8.03. The number of hydrogen-bond donors (Lipinski definition) is 1. The first kappa shape index (κ1) is 14.0. The predicted octanol–water partition coefficient (Wildman–Crippen LogP) is 1.55. The summed E-state index contributed by atoms with van der Waals surface area (Å²) in [6.45, 7) is 7.66. The van der Waals surface area contributed by atoms with Crippen molar-refractivity contribution in [2.75, 3.05) is 19.6 Å². The molecule has 4 nitrogen and oxygen atoms in total. The van der Waals surface area contributed by atoms with Crippen LogP contribution in [0, 0.1) is 5.41 Å². The average Bonchev–Trinajstić information content (AvgIpc) is 2.35. The van der Waals surface area contributed by atoms with E-state index < -0.39 is 0 Å². The fraction of sp³-hybridized carbons (Fsp3) is 0.846. The van der Waals surface area contributed by atoms with Crippen molar-refractivity contribution in [2.45, 2.75) is 46.5 Å². The number of amides is 2. The third-order valence-electron chi connectivity index (χ3n) is 3.70. The quantitative estimate of drug-likeness (QED) is 0.792. The lowest BCUT2D eigenvalue weighted by atomic mass is 9.80. The third-order valence-corrected chi connectivity index (χ3v) is 3.70. The molecule has 0 aromatic heterocycles. The lowest BCUT2D eigenvalue weighted by Crippen LogP contribution is -2.53. The Morgan fingerprint density at radius 3 is 2.71 bits per heavy atom. The van der Waals surface area contributed by atoms with Crippen LogP contribution in [0.15, 0.2) is 0 Å². The Balaban J connectivity index is 2.67. The lowest BCUT2D eigenvalue weighted by Gasteiger charge is -2.35. The number of unbranched alkanes of at least 4 members (excludes halogenated alkanes) is 1. The summed E-state index contributed by atoms with van der Waals surface area (Å²) in [5, 5.41) is 2.75. The molecule has 0 saturated carbocycles. The molecular formula is C13H24N2O2. The number of nitrogens with one attached hydrogen (secondary N) is 1. The summed E-state index contributed by atoms with van der Waals surface area (Å²) in [6, 6.07) is 0. The van der Waals surface area contributed by atoms with E-state index in [9.17, 15) is 9.59 Å². The van der Waals surface area contributed by atoms with Crippen molar-refractivity contribution >= 4 is 11.8 Å². The van der Waals surface area contributed by atoms with Gasteiger partial charge in [0.15, 0.2) is 0 Å². The Morgan fingerprint density at radius 1 is 1.47 bits per heavy atom. The molecule has 1 aliphatic heterocycles. The van der Waals surface area contributed by atoms with Crippen LogP contribution < -0.4 is 5.32 Å². The second kappa shape index (κ2) is 6.03. The SMILES string of the molecule is CCCCC(C)(CC)C(=O)N1CCNC(=O)C1. The minimum atomic E-state index is -0.298. The van der Waals surface area contributed by atoms with Crippen LogP contribution in [-0.2, 0) is 9.59 Å². The number of carbonyl (C=O) groups is 2. The Hall–Kier alpha value is -1.06. The maximum absolute atomic E-state index is 12.4. The number of nitrogens with zero attached hydrogens (tertiary/aromatic N) is 1. The summed E-state index contributed by atoms with van der Waals surface area (Å²) in [7, 11) is 0. The van der Waals surface area contributed by atoms with Crippen LogP contribution in [0.5, 0.6) is 0 Å². The summed E-state index contributed by atoms with van der Waals surface area (Å²) >= 11 is 0. The van der Waals surface area contributed by atoms with E-state index in [1.807, 2.05) is 6.92 Å². The van der Waals surface area contributed by atoms with Gasteiger partial charge in [0.05, 0.1) is 6.54 Å². The van der Waals surface area contributed by atoms with E-state index in [1.165, 1.54) is 0 Å². The average molecular weight is 240 g/mol. The number of piperazine rings is 1. The highest BCUT2D eigenvalue weighted by Crippen LogP contribution is 2.30. The molecule has 98 valence electrons. The van der Waals surface area contributed by atoms with Gasteiger partial charge in [0.1, 0.15) is 0 Å². The van der Waals surface area contributed by atoms with Gasteiger partial charge in [-0.1, -0.05) is 33.6 Å². The normalized spacial score (nSPS) is 19.7. The van der Waals surface area contributed by atoms with Crippen molar-refractivity contribution in [2.24, 2.45) is 5.41 Å². The highest BCUT2D eigenvalue weighted by atomic mass is 16.2. The zero-order valence-corrected chi connectivity index (χ0v) is 11.2. The van der Waals surface area contributed by atoms with Gasteiger partial charge >= 0.3 is 0 Å². The van der Waals surface area contributed by atoms with Crippen LogP contribution >= 0.6 is 0 Å². The fourth-order valence-electron chi connectivity index (χ4n) is 2.20. The van der Waals surface area contributed by atoms with Crippen molar-refractivity contribution in [1.29, 1.82) is 0 Å². The zero-order valence-electron chi connectivity index (χ0n) is 11.2. The summed E-state index contributed by atoms with van der Waals surface area (Å²) in [4.78, 5) is 25.5. The first-order valence-corrected chi connectivity index (χ1v) is 6.59. The molecule has 1 rings (SSSR count). The Labute approximate surface area is 104 Å². The van der Waals surface area contributed by atoms with Gasteiger partial charge in [-0.15, -0.1) is 0 Å². The minimum absolute atomic E-state index is 0.0430. The third kappa shape index (κ3) is 3.45. The molecule has 4 heteroatoms. The van der Waals surface area contributed by atoms with E-state index in [0.29, 0.717) is 13.1 Å². The fourth-order valence-corrected chi connectivity index (χ4v) is 2.20. The zero-order chi connectivity index (χ0) is 12.9. The molecule has 0 bridgehead atoms. The van der Waals surface area contributed by atoms with E-state index in [-0.39, 0.29) is 23.8 Å². The van der Waals surface area contributed by atoms with Crippen LogP contribution in [0.4, 0.5) is 0 Å². The topological polar surface area (TPSA) is 49.4 Å². The monoisotopic (exact) mass is 240 g/mol. The van der Waals surface area contributed by atoms with Crippen LogP contribution in [0.25, 0.3) is 0 Å². The van der Waals surface area contributed by atoms with Gasteiger partial charge in [-0.3, -0.25) is 9.59 Å². The molecule has 1 atom stereocenters. The Kier molecular flexibility index (Phi) is 4.97. The van der Waals surface area contributed by atoms with Gasteiger partial charge in [-0.05, 0) is 12.8 Å².